The summed E-state index contributed by atoms with van der Waals surface area (Å²) in [5, 5.41) is 0. The molecular formula is C9H9S2. The van der Waals surface area contributed by atoms with Crippen LogP contribution in [0.2, 0.25) is 0 Å². The summed E-state index contributed by atoms with van der Waals surface area (Å²) in [6, 6.07) is 8.65. The molecule has 1 radical (unpaired) electrons. The zero-order chi connectivity index (χ0) is 7.52. The summed E-state index contributed by atoms with van der Waals surface area (Å²) in [5.41, 5.74) is 1.50. The molecule has 0 bridgehead atoms. The highest BCUT2D eigenvalue weighted by atomic mass is 33.1. The normalized spacial score (nSPS) is 17.1. The maximum atomic E-state index is 2.28. The van der Waals surface area contributed by atoms with Crippen molar-refractivity contribution in [3.63, 3.8) is 0 Å². The molecule has 0 N–H and O–H groups in total. The third kappa shape index (κ3) is 1.74. The number of hydrogen-bond donors (Lipinski definition) is 0. The summed E-state index contributed by atoms with van der Waals surface area (Å²) < 4.78 is 0. The molecule has 57 valence electrons. The summed E-state index contributed by atoms with van der Waals surface area (Å²) in [5.74, 6) is 2.28. The van der Waals surface area contributed by atoms with Crippen molar-refractivity contribution in [2.45, 2.75) is 17.7 Å². The monoisotopic (exact) mass is 181 g/mol. The maximum Gasteiger partial charge on any atom is 0.0285 e. The Hall–Kier alpha value is -0.0800. The summed E-state index contributed by atoms with van der Waals surface area (Å²) >= 11 is 0. The molecular weight excluding hydrogens is 172 g/mol. The summed E-state index contributed by atoms with van der Waals surface area (Å²) in [7, 11) is 3.72. The third-order valence-corrected chi connectivity index (χ3v) is 3.99. The van der Waals surface area contributed by atoms with Crippen LogP contribution >= 0.6 is 21.6 Å². The minimum atomic E-state index is 1.20. The second-order valence-corrected chi connectivity index (χ2v) is 4.70. The standard InChI is InChI=1S/C9H9S2/c1-2-6-9-8(4-1)5-3-7-10-11-9/h1-2,4,6-7H,3,5H2. The lowest BCUT2D eigenvalue weighted by Gasteiger charge is -2.00. The zero-order valence-corrected chi connectivity index (χ0v) is 7.75. The van der Waals surface area contributed by atoms with E-state index in [1.807, 2.05) is 21.6 Å². The molecule has 1 aromatic rings. The summed E-state index contributed by atoms with van der Waals surface area (Å²) in [6.45, 7) is 0. The van der Waals surface area contributed by atoms with Gasteiger partial charge in [-0.2, -0.15) is 0 Å². The maximum absolute atomic E-state index is 2.28. The SMILES string of the molecule is [CH]1CCc2ccccc2SS1. The van der Waals surface area contributed by atoms with Gasteiger partial charge in [-0.25, -0.2) is 0 Å². The van der Waals surface area contributed by atoms with E-state index in [1.54, 1.807) is 0 Å². The Bertz CT molecular complexity index is 220. The predicted molar refractivity (Wildman–Crippen MR) is 52.5 cm³/mol. The molecule has 0 saturated carbocycles. The van der Waals surface area contributed by atoms with Crippen LogP contribution in [-0.4, -0.2) is 0 Å². The van der Waals surface area contributed by atoms with Gasteiger partial charge >= 0.3 is 0 Å². The smallest absolute Gasteiger partial charge is 0.0285 e. The molecule has 1 aromatic carbocycles. The lowest BCUT2D eigenvalue weighted by Crippen LogP contribution is -1.83. The van der Waals surface area contributed by atoms with Gasteiger partial charge in [0.05, 0.1) is 0 Å². The highest BCUT2D eigenvalue weighted by Crippen LogP contribution is 2.39. The van der Waals surface area contributed by atoms with Crippen LogP contribution in [0.1, 0.15) is 12.0 Å². The molecule has 0 spiro atoms. The quantitative estimate of drug-likeness (QED) is 0.561. The first-order valence-corrected chi connectivity index (χ1v) is 5.91. The van der Waals surface area contributed by atoms with Crippen LogP contribution < -0.4 is 0 Å². The van der Waals surface area contributed by atoms with Gasteiger partial charge in [-0.15, -0.1) is 0 Å². The van der Waals surface area contributed by atoms with E-state index in [9.17, 15) is 0 Å². The molecule has 0 saturated heterocycles. The molecule has 0 amide bonds. The molecule has 1 heterocycles. The third-order valence-electron chi connectivity index (χ3n) is 1.71. The molecule has 0 nitrogen and oxygen atoms in total. The van der Waals surface area contributed by atoms with Crippen LogP contribution in [-0.2, 0) is 6.42 Å². The Labute approximate surface area is 75.2 Å². The van der Waals surface area contributed by atoms with Crippen LogP contribution in [0.3, 0.4) is 0 Å². The number of benzene rings is 1. The largest absolute Gasteiger partial charge is 0.0843 e. The topological polar surface area (TPSA) is 0 Å². The lowest BCUT2D eigenvalue weighted by atomic mass is 10.1. The molecule has 11 heavy (non-hydrogen) atoms. The molecule has 2 heteroatoms. The summed E-state index contributed by atoms with van der Waals surface area (Å²) in [4.78, 5) is 1.44. The first-order chi connectivity index (χ1) is 5.47. The Morgan fingerprint density at radius 1 is 1.18 bits per heavy atom. The van der Waals surface area contributed by atoms with Crippen molar-refractivity contribution in [1.29, 1.82) is 0 Å². The fourth-order valence-electron chi connectivity index (χ4n) is 1.14. The second kappa shape index (κ2) is 3.55. The Kier molecular flexibility index (Phi) is 2.44. The molecule has 1 aliphatic heterocycles. The van der Waals surface area contributed by atoms with Crippen molar-refractivity contribution < 1.29 is 0 Å². The molecule has 0 aromatic heterocycles. The van der Waals surface area contributed by atoms with Crippen LogP contribution in [0.4, 0.5) is 0 Å². The minimum Gasteiger partial charge on any atom is -0.0843 e. The summed E-state index contributed by atoms with van der Waals surface area (Å²) in [6.07, 6.45) is 2.41. The van der Waals surface area contributed by atoms with Gasteiger partial charge in [0.25, 0.3) is 0 Å². The highest BCUT2D eigenvalue weighted by molar-refractivity contribution is 8.77. The van der Waals surface area contributed by atoms with E-state index in [2.05, 4.69) is 30.0 Å². The van der Waals surface area contributed by atoms with Gasteiger partial charge in [-0.1, -0.05) is 39.8 Å². The van der Waals surface area contributed by atoms with Gasteiger partial charge in [0.2, 0.25) is 0 Å². The van der Waals surface area contributed by atoms with E-state index < -0.39 is 0 Å². The predicted octanol–water partition coefficient (Wildman–Crippen LogP) is 3.53. The van der Waals surface area contributed by atoms with Crippen molar-refractivity contribution >= 4 is 21.6 Å². The second-order valence-electron chi connectivity index (χ2n) is 2.49. The lowest BCUT2D eigenvalue weighted by molar-refractivity contribution is 0.962. The van der Waals surface area contributed by atoms with Crippen LogP contribution in [0.15, 0.2) is 29.2 Å². The van der Waals surface area contributed by atoms with Crippen molar-refractivity contribution in [3.8, 4) is 0 Å². The van der Waals surface area contributed by atoms with E-state index in [0.29, 0.717) is 0 Å². The average Bonchev–Trinajstić information content (AvgIpc) is 2.28. The number of hydrogen-bond acceptors (Lipinski definition) is 2. The zero-order valence-electron chi connectivity index (χ0n) is 6.12. The minimum absolute atomic E-state index is 1.20. The van der Waals surface area contributed by atoms with Gasteiger partial charge in [-0.3, -0.25) is 0 Å². The number of aryl methyl sites for hydroxylation is 1. The highest BCUT2D eigenvalue weighted by Gasteiger charge is 2.06. The van der Waals surface area contributed by atoms with Crippen molar-refractivity contribution in [2.75, 3.05) is 0 Å². The number of rotatable bonds is 0. The first-order valence-electron chi connectivity index (χ1n) is 3.70. The van der Waals surface area contributed by atoms with Gasteiger partial charge in [-0.05, 0) is 24.5 Å². The fourth-order valence-corrected chi connectivity index (χ4v) is 3.23. The van der Waals surface area contributed by atoms with E-state index >= 15 is 0 Å². The van der Waals surface area contributed by atoms with Crippen molar-refractivity contribution in [3.05, 3.63) is 35.6 Å². The fraction of sp³-hybridized carbons (Fsp3) is 0.222. The van der Waals surface area contributed by atoms with Gasteiger partial charge in [0.15, 0.2) is 0 Å². The number of fused-ring (bicyclic) bond motifs is 1. The van der Waals surface area contributed by atoms with Crippen molar-refractivity contribution in [1.82, 2.24) is 0 Å². The molecule has 2 rings (SSSR count). The Morgan fingerprint density at radius 3 is 3.09 bits per heavy atom. The van der Waals surface area contributed by atoms with Gasteiger partial charge in [0.1, 0.15) is 0 Å². The molecule has 0 aliphatic carbocycles. The van der Waals surface area contributed by atoms with Crippen LogP contribution in [0.5, 0.6) is 0 Å². The van der Waals surface area contributed by atoms with Crippen molar-refractivity contribution in [2.24, 2.45) is 0 Å². The van der Waals surface area contributed by atoms with Gasteiger partial charge in [0, 0.05) is 10.6 Å². The average molecular weight is 181 g/mol. The molecule has 0 atom stereocenters. The Morgan fingerprint density at radius 2 is 2.09 bits per heavy atom. The molecule has 0 fully saturated rings. The van der Waals surface area contributed by atoms with Crippen LogP contribution in [0.25, 0.3) is 0 Å². The molecule has 0 unspecified atom stereocenters. The van der Waals surface area contributed by atoms with E-state index in [-0.39, 0.29) is 0 Å². The first kappa shape index (κ1) is 7.56. The molecule has 1 aliphatic rings. The Balaban J connectivity index is 2.33. The van der Waals surface area contributed by atoms with Crippen LogP contribution in [0, 0.1) is 5.75 Å². The van der Waals surface area contributed by atoms with Gasteiger partial charge < -0.3 is 0 Å². The van der Waals surface area contributed by atoms with E-state index in [4.69, 9.17) is 0 Å². The van der Waals surface area contributed by atoms with E-state index in [0.717, 1.165) is 0 Å². The van der Waals surface area contributed by atoms with E-state index in [1.165, 1.54) is 23.3 Å².